The van der Waals surface area contributed by atoms with Crippen LogP contribution < -0.4 is 0 Å². The Hall–Kier alpha value is -3.73. The van der Waals surface area contributed by atoms with E-state index >= 15 is 0 Å². The summed E-state index contributed by atoms with van der Waals surface area (Å²) in [7, 11) is 0. The van der Waals surface area contributed by atoms with Crippen molar-refractivity contribution in [2.24, 2.45) is 0 Å². The summed E-state index contributed by atoms with van der Waals surface area (Å²) in [6.07, 6.45) is -6.86. The second-order valence-corrected chi connectivity index (χ2v) is 9.90. The van der Waals surface area contributed by atoms with Gasteiger partial charge in [-0.3, -0.25) is 9.78 Å². The Labute approximate surface area is 225 Å². The van der Waals surface area contributed by atoms with Gasteiger partial charge in [-0.2, -0.15) is 26.3 Å². The number of amides is 1. The number of aromatic nitrogens is 1. The van der Waals surface area contributed by atoms with E-state index in [1.54, 1.807) is 41.6 Å². The second-order valence-electron chi connectivity index (χ2n) is 9.90. The van der Waals surface area contributed by atoms with Crippen LogP contribution in [0, 0.1) is 5.82 Å². The molecule has 2 aliphatic heterocycles. The topological polar surface area (TPSA) is 42.4 Å². The van der Waals surface area contributed by atoms with Crippen LogP contribution in [-0.4, -0.2) is 34.5 Å². The minimum atomic E-state index is -5.00. The summed E-state index contributed by atoms with van der Waals surface area (Å²) in [5.41, 5.74) is -0.993. The number of alkyl halides is 6. The van der Waals surface area contributed by atoms with E-state index in [0.717, 1.165) is 11.1 Å². The van der Waals surface area contributed by atoms with Crippen molar-refractivity contribution < 1.29 is 40.3 Å². The minimum Gasteiger partial charge on any atom is -0.368 e. The molecular weight excluding hydrogens is 541 g/mol. The maximum Gasteiger partial charge on any atom is 0.416 e. The number of ether oxygens (including phenoxy) is 1. The van der Waals surface area contributed by atoms with Gasteiger partial charge in [0.1, 0.15) is 5.82 Å². The zero-order chi connectivity index (χ0) is 28.8. The van der Waals surface area contributed by atoms with Crippen molar-refractivity contribution in [3.05, 3.63) is 107 Å². The van der Waals surface area contributed by atoms with Crippen molar-refractivity contribution in [1.82, 2.24) is 9.88 Å². The molecule has 1 aromatic heterocycles. The first-order valence-electron chi connectivity index (χ1n) is 12.4. The molecule has 0 unspecified atom stereocenters. The van der Waals surface area contributed by atoms with Gasteiger partial charge in [-0.1, -0.05) is 12.1 Å². The van der Waals surface area contributed by atoms with E-state index in [4.69, 9.17) is 4.74 Å². The molecule has 1 amide bonds. The van der Waals surface area contributed by atoms with E-state index in [1.807, 2.05) is 0 Å². The average molecular weight is 565 g/mol. The van der Waals surface area contributed by atoms with Gasteiger partial charge in [0.15, 0.2) is 0 Å². The van der Waals surface area contributed by atoms with Crippen LogP contribution in [0.5, 0.6) is 0 Å². The summed E-state index contributed by atoms with van der Waals surface area (Å²) in [4.78, 5) is 18.8. The van der Waals surface area contributed by atoms with Crippen LogP contribution in [0.1, 0.15) is 53.2 Å². The van der Waals surface area contributed by atoms with Gasteiger partial charge in [-0.05, 0) is 78.1 Å². The number of carbonyl (C=O) groups excluding carboxylic acids is 1. The Kier molecular flexibility index (Phi) is 7.20. The molecule has 5 rings (SSSR count). The molecule has 1 saturated heterocycles. The number of halogens is 7. The number of pyridine rings is 1. The largest absolute Gasteiger partial charge is 0.416 e. The van der Waals surface area contributed by atoms with Crippen LogP contribution in [0.2, 0.25) is 0 Å². The van der Waals surface area contributed by atoms with Crippen molar-refractivity contribution in [3.8, 4) is 0 Å². The molecule has 40 heavy (non-hydrogen) atoms. The van der Waals surface area contributed by atoms with E-state index in [-0.39, 0.29) is 24.1 Å². The van der Waals surface area contributed by atoms with Gasteiger partial charge in [0.25, 0.3) is 0 Å². The molecule has 3 aromatic rings. The lowest BCUT2D eigenvalue weighted by Gasteiger charge is -2.33. The third-order valence-electron chi connectivity index (χ3n) is 7.37. The summed E-state index contributed by atoms with van der Waals surface area (Å²) in [5, 5.41) is 0. The highest BCUT2D eigenvalue weighted by molar-refractivity contribution is 5.97. The van der Waals surface area contributed by atoms with Gasteiger partial charge in [0.2, 0.25) is 5.91 Å². The quantitative estimate of drug-likeness (QED) is 0.308. The second kappa shape index (κ2) is 10.3. The monoisotopic (exact) mass is 564 g/mol. The molecule has 3 heterocycles. The Morgan fingerprint density at radius 2 is 1.52 bits per heavy atom. The van der Waals surface area contributed by atoms with Crippen LogP contribution in [0.3, 0.4) is 0 Å². The van der Waals surface area contributed by atoms with Crippen molar-refractivity contribution in [3.63, 3.8) is 0 Å². The summed E-state index contributed by atoms with van der Waals surface area (Å²) >= 11 is 0. The lowest BCUT2D eigenvalue weighted by Crippen LogP contribution is -2.39. The fourth-order valence-corrected chi connectivity index (χ4v) is 5.46. The molecule has 210 valence electrons. The SMILES string of the molecule is C[C@@H](O[C@H]1CN2C(=O)C=C(c3ccncc3)C[C@H]2[C@@H]1c1ccc(F)cc1)c1cc(C(F)(F)F)cc(C(F)(F)F)c1. The number of hydrogen-bond acceptors (Lipinski definition) is 3. The molecule has 0 bridgehead atoms. The average Bonchev–Trinajstić information content (AvgIpc) is 3.26. The predicted octanol–water partition coefficient (Wildman–Crippen LogP) is 7.19. The molecule has 2 aliphatic rings. The number of fused-ring (bicyclic) bond motifs is 1. The van der Waals surface area contributed by atoms with Crippen LogP contribution in [0.15, 0.2) is 73.1 Å². The molecule has 0 spiro atoms. The Balaban J connectivity index is 1.49. The predicted molar refractivity (Wildman–Crippen MR) is 131 cm³/mol. The van der Waals surface area contributed by atoms with Gasteiger partial charge < -0.3 is 9.64 Å². The number of benzene rings is 2. The van der Waals surface area contributed by atoms with Gasteiger partial charge in [0, 0.05) is 37.0 Å². The fourth-order valence-electron chi connectivity index (χ4n) is 5.46. The first-order chi connectivity index (χ1) is 18.8. The van der Waals surface area contributed by atoms with Crippen molar-refractivity contribution in [2.45, 2.75) is 49.9 Å². The van der Waals surface area contributed by atoms with E-state index in [2.05, 4.69) is 4.98 Å². The summed E-state index contributed by atoms with van der Waals surface area (Å²) in [6, 6.07) is 10.0. The van der Waals surface area contributed by atoms with Crippen LogP contribution in [-0.2, 0) is 21.9 Å². The molecular formula is C29H23F7N2O2. The first-order valence-corrected chi connectivity index (χ1v) is 12.4. The zero-order valence-corrected chi connectivity index (χ0v) is 21.0. The molecule has 0 saturated carbocycles. The number of hydrogen-bond donors (Lipinski definition) is 0. The maximum atomic E-state index is 13.8. The van der Waals surface area contributed by atoms with Gasteiger partial charge in [0.05, 0.1) is 23.3 Å². The van der Waals surface area contributed by atoms with E-state index in [0.29, 0.717) is 24.1 Å². The van der Waals surface area contributed by atoms with Crippen LogP contribution in [0.25, 0.3) is 5.57 Å². The maximum absolute atomic E-state index is 13.8. The van der Waals surface area contributed by atoms with Gasteiger partial charge >= 0.3 is 12.4 Å². The zero-order valence-electron chi connectivity index (χ0n) is 21.0. The molecule has 1 fully saturated rings. The van der Waals surface area contributed by atoms with E-state index in [9.17, 15) is 35.5 Å². The Bertz CT molecular complexity index is 1390. The summed E-state index contributed by atoms with van der Waals surface area (Å²) in [5.74, 6) is -1.30. The third-order valence-corrected chi connectivity index (χ3v) is 7.37. The number of rotatable bonds is 5. The fraction of sp³-hybridized carbons (Fsp3) is 0.310. The number of nitrogens with zero attached hydrogens (tertiary/aromatic N) is 2. The van der Waals surface area contributed by atoms with Crippen molar-refractivity contribution >= 4 is 11.5 Å². The van der Waals surface area contributed by atoms with Crippen molar-refractivity contribution in [1.29, 1.82) is 0 Å². The summed E-state index contributed by atoms with van der Waals surface area (Å²) < 4.78 is 101. The molecule has 0 N–H and O–H groups in total. The highest BCUT2D eigenvalue weighted by Crippen LogP contribution is 2.45. The van der Waals surface area contributed by atoms with Gasteiger partial charge in [-0.15, -0.1) is 0 Å². The third kappa shape index (κ3) is 5.60. The molecule has 4 nitrogen and oxygen atoms in total. The lowest BCUT2D eigenvalue weighted by molar-refractivity contribution is -0.143. The number of carbonyl (C=O) groups is 1. The normalized spacial score (nSPS) is 22.2. The molecule has 0 radical (unpaired) electrons. The standard InChI is InChI=1S/C29H23F7N2O2/c1-16(19-10-21(28(31,32)33)14-22(11-19)29(34,35)36)40-25-15-38-24(27(25)18-2-4-23(30)5-3-18)12-20(13-26(38)39)17-6-8-37-9-7-17/h2-11,13-14,16,24-25,27H,12,15H2,1H3/t16-,24+,25+,27+/m1/s1. The first kappa shape index (κ1) is 27.8. The molecule has 2 aromatic carbocycles. The molecule has 11 heteroatoms. The van der Waals surface area contributed by atoms with Crippen molar-refractivity contribution in [2.75, 3.05) is 6.54 Å². The van der Waals surface area contributed by atoms with E-state index < -0.39 is 53.5 Å². The molecule has 0 aliphatic carbocycles. The summed E-state index contributed by atoms with van der Waals surface area (Å²) in [6.45, 7) is 1.43. The van der Waals surface area contributed by atoms with Crippen LogP contribution in [0.4, 0.5) is 30.7 Å². The van der Waals surface area contributed by atoms with Crippen LogP contribution >= 0.6 is 0 Å². The lowest BCUT2D eigenvalue weighted by atomic mass is 9.83. The highest BCUT2D eigenvalue weighted by Gasteiger charge is 2.48. The van der Waals surface area contributed by atoms with Gasteiger partial charge in [-0.25, -0.2) is 4.39 Å². The molecule has 4 atom stereocenters. The minimum absolute atomic E-state index is 0.0566. The Morgan fingerprint density at radius 1 is 0.925 bits per heavy atom. The smallest absolute Gasteiger partial charge is 0.368 e. The highest BCUT2D eigenvalue weighted by atomic mass is 19.4. The van der Waals surface area contributed by atoms with E-state index in [1.165, 1.54) is 25.1 Å². The Morgan fingerprint density at radius 3 is 2.10 bits per heavy atom.